The van der Waals surface area contributed by atoms with Gasteiger partial charge in [-0.2, -0.15) is 5.26 Å². The van der Waals surface area contributed by atoms with Crippen LogP contribution in [0.4, 0.5) is 5.69 Å². The summed E-state index contributed by atoms with van der Waals surface area (Å²) in [6.07, 6.45) is 0.951. The molecule has 0 aliphatic carbocycles. The third-order valence-corrected chi connectivity index (χ3v) is 4.74. The Morgan fingerprint density at radius 1 is 1.25 bits per heavy atom. The van der Waals surface area contributed by atoms with Gasteiger partial charge in [-0.25, -0.2) is 0 Å². The van der Waals surface area contributed by atoms with Gasteiger partial charge >= 0.3 is 0 Å². The molecular formula is C21H24N4O3. The fourth-order valence-corrected chi connectivity index (χ4v) is 3.24. The summed E-state index contributed by atoms with van der Waals surface area (Å²) < 4.78 is 10.5. The van der Waals surface area contributed by atoms with Crippen molar-refractivity contribution < 1.29 is 14.3 Å². The second kappa shape index (κ2) is 9.11. The Morgan fingerprint density at radius 2 is 2.07 bits per heavy atom. The molecule has 1 amide bonds. The third-order valence-electron chi connectivity index (χ3n) is 4.74. The lowest BCUT2D eigenvalue weighted by molar-refractivity contribution is 0.0951. The fraction of sp³-hybridized carbons (Fsp3) is 0.333. The first-order valence-electron chi connectivity index (χ1n) is 9.15. The van der Waals surface area contributed by atoms with Crippen molar-refractivity contribution in [3.05, 3.63) is 53.1 Å². The van der Waals surface area contributed by atoms with E-state index in [-0.39, 0.29) is 11.9 Å². The van der Waals surface area contributed by atoms with Crippen molar-refractivity contribution in [2.45, 2.75) is 19.0 Å². The number of benzene rings is 2. The van der Waals surface area contributed by atoms with E-state index < -0.39 is 0 Å². The molecule has 1 atom stereocenters. The lowest BCUT2D eigenvalue weighted by atomic mass is 10.1. The van der Waals surface area contributed by atoms with Crippen molar-refractivity contribution in [3.8, 4) is 17.6 Å². The zero-order chi connectivity index (χ0) is 19.9. The molecule has 3 rings (SSSR count). The topological polar surface area (TPSA) is 95.4 Å². The van der Waals surface area contributed by atoms with E-state index in [1.54, 1.807) is 38.5 Å². The van der Waals surface area contributed by atoms with E-state index in [2.05, 4.69) is 22.0 Å². The molecule has 0 radical (unpaired) electrons. The number of hydrogen-bond acceptors (Lipinski definition) is 6. The largest absolute Gasteiger partial charge is 0.493 e. The Bertz CT molecular complexity index is 886. The number of rotatable bonds is 7. The molecule has 3 N–H and O–H groups in total. The molecule has 0 aromatic heterocycles. The maximum Gasteiger partial charge on any atom is 0.253 e. The van der Waals surface area contributed by atoms with Crippen LogP contribution in [0.15, 0.2) is 36.4 Å². The van der Waals surface area contributed by atoms with Gasteiger partial charge in [0.05, 0.1) is 31.0 Å². The summed E-state index contributed by atoms with van der Waals surface area (Å²) in [6.45, 7) is 2.07. The molecule has 1 aliphatic rings. The van der Waals surface area contributed by atoms with Crippen molar-refractivity contribution in [2.75, 3.05) is 32.6 Å². The summed E-state index contributed by atoms with van der Waals surface area (Å²) in [5.41, 5.74) is 2.40. The number of nitriles is 1. The van der Waals surface area contributed by atoms with E-state index in [0.29, 0.717) is 34.9 Å². The molecule has 1 saturated heterocycles. The van der Waals surface area contributed by atoms with Gasteiger partial charge in [-0.1, -0.05) is 12.1 Å². The highest BCUT2D eigenvalue weighted by Gasteiger charge is 2.20. The number of carbonyl (C=O) groups excluding carboxylic acids is 1. The van der Waals surface area contributed by atoms with Crippen LogP contribution in [0.1, 0.15) is 27.9 Å². The second-order valence-corrected chi connectivity index (χ2v) is 6.55. The van der Waals surface area contributed by atoms with Crippen molar-refractivity contribution in [3.63, 3.8) is 0 Å². The van der Waals surface area contributed by atoms with E-state index in [9.17, 15) is 10.1 Å². The van der Waals surface area contributed by atoms with Crippen LogP contribution in [0.25, 0.3) is 0 Å². The third kappa shape index (κ3) is 4.35. The lowest BCUT2D eigenvalue weighted by Crippen LogP contribution is -2.27. The van der Waals surface area contributed by atoms with E-state index >= 15 is 0 Å². The van der Waals surface area contributed by atoms with Gasteiger partial charge in [0.25, 0.3) is 5.91 Å². The van der Waals surface area contributed by atoms with Crippen LogP contribution in [-0.4, -0.2) is 39.3 Å². The van der Waals surface area contributed by atoms with Crippen molar-refractivity contribution >= 4 is 11.6 Å². The van der Waals surface area contributed by atoms with E-state index in [1.165, 1.54) is 0 Å². The molecule has 1 unspecified atom stereocenters. The number of hydrogen-bond donors (Lipinski definition) is 3. The van der Waals surface area contributed by atoms with E-state index in [1.807, 2.05) is 12.1 Å². The predicted molar refractivity (Wildman–Crippen MR) is 107 cm³/mol. The van der Waals surface area contributed by atoms with Crippen LogP contribution >= 0.6 is 0 Å². The molecule has 0 saturated carbocycles. The maximum atomic E-state index is 12.8. The van der Waals surface area contributed by atoms with Gasteiger partial charge in [0.15, 0.2) is 11.5 Å². The minimum absolute atomic E-state index is 0.201. The minimum atomic E-state index is -0.236. The lowest BCUT2D eigenvalue weighted by Gasteiger charge is -2.18. The van der Waals surface area contributed by atoms with Crippen molar-refractivity contribution in [1.29, 1.82) is 5.26 Å². The molecule has 28 heavy (non-hydrogen) atoms. The summed E-state index contributed by atoms with van der Waals surface area (Å²) >= 11 is 0. The maximum absolute atomic E-state index is 12.8. The van der Waals surface area contributed by atoms with Gasteiger partial charge in [-0.05, 0) is 42.8 Å². The number of ether oxygens (including phenoxy) is 2. The first kappa shape index (κ1) is 19.5. The summed E-state index contributed by atoms with van der Waals surface area (Å²) in [5, 5.41) is 19.0. The van der Waals surface area contributed by atoms with Crippen LogP contribution in [0.3, 0.4) is 0 Å². The van der Waals surface area contributed by atoms with Crippen LogP contribution in [0, 0.1) is 11.3 Å². The molecule has 2 aromatic carbocycles. The Hall–Kier alpha value is -3.24. The van der Waals surface area contributed by atoms with Crippen LogP contribution in [0.2, 0.25) is 0 Å². The molecular weight excluding hydrogens is 356 g/mol. The Balaban J connectivity index is 1.76. The summed E-state index contributed by atoms with van der Waals surface area (Å²) in [5.74, 6) is 1.01. The Labute approximate surface area is 164 Å². The van der Waals surface area contributed by atoms with Crippen LogP contribution in [0.5, 0.6) is 11.5 Å². The Morgan fingerprint density at radius 3 is 2.75 bits per heavy atom. The molecule has 2 aromatic rings. The smallest absolute Gasteiger partial charge is 0.253 e. The summed E-state index contributed by atoms with van der Waals surface area (Å²) in [4.78, 5) is 12.8. The van der Waals surface area contributed by atoms with E-state index in [4.69, 9.17) is 9.47 Å². The fourth-order valence-electron chi connectivity index (χ4n) is 3.24. The van der Waals surface area contributed by atoms with Gasteiger partial charge in [0.1, 0.15) is 6.07 Å². The first-order valence-corrected chi connectivity index (χ1v) is 9.15. The van der Waals surface area contributed by atoms with Crippen LogP contribution in [-0.2, 0) is 6.54 Å². The van der Waals surface area contributed by atoms with Gasteiger partial charge in [-0.3, -0.25) is 4.79 Å². The SMILES string of the molecule is COc1ccc(CNC(=O)c2cccc(C#N)c2NC2CCNC2)cc1OC. The highest BCUT2D eigenvalue weighted by molar-refractivity contribution is 6.00. The van der Waals surface area contributed by atoms with Gasteiger partial charge < -0.3 is 25.4 Å². The molecule has 1 aliphatic heterocycles. The molecule has 1 heterocycles. The highest BCUT2D eigenvalue weighted by Crippen LogP contribution is 2.28. The standard InChI is InChI=1S/C21H24N4O3/c1-27-18-7-6-14(10-19(18)28-2)12-24-21(26)17-5-3-4-15(11-22)20(17)25-16-8-9-23-13-16/h3-7,10,16,23,25H,8-9,12-13H2,1-2H3,(H,24,26). The number of amides is 1. The quantitative estimate of drug-likeness (QED) is 0.682. The summed E-state index contributed by atoms with van der Waals surface area (Å²) in [6, 6.07) is 13.0. The van der Waals surface area contributed by atoms with Crippen molar-refractivity contribution in [2.24, 2.45) is 0 Å². The normalized spacial score (nSPS) is 15.5. The molecule has 0 bridgehead atoms. The number of anilines is 1. The van der Waals surface area contributed by atoms with Gasteiger partial charge in [0.2, 0.25) is 0 Å². The van der Waals surface area contributed by atoms with E-state index in [0.717, 1.165) is 25.1 Å². The van der Waals surface area contributed by atoms with Gasteiger partial charge in [0, 0.05) is 19.1 Å². The number of methoxy groups -OCH3 is 2. The highest BCUT2D eigenvalue weighted by atomic mass is 16.5. The first-order chi connectivity index (χ1) is 13.7. The predicted octanol–water partition coefficient (Wildman–Crippen LogP) is 2.28. The number of nitrogens with zero attached hydrogens (tertiary/aromatic N) is 1. The van der Waals surface area contributed by atoms with Crippen molar-refractivity contribution in [1.82, 2.24) is 10.6 Å². The molecule has 7 nitrogen and oxygen atoms in total. The average Bonchev–Trinajstić information content (AvgIpc) is 3.25. The monoisotopic (exact) mass is 380 g/mol. The van der Waals surface area contributed by atoms with Gasteiger partial charge in [-0.15, -0.1) is 0 Å². The number of nitrogens with one attached hydrogen (secondary N) is 3. The molecule has 146 valence electrons. The Kier molecular flexibility index (Phi) is 6.35. The second-order valence-electron chi connectivity index (χ2n) is 6.55. The number of para-hydroxylation sites is 1. The summed E-state index contributed by atoms with van der Waals surface area (Å²) in [7, 11) is 3.15. The van der Waals surface area contributed by atoms with Crippen LogP contribution < -0.4 is 25.4 Å². The number of carbonyl (C=O) groups is 1. The molecule has 1 fully saturated rings. The molecule has 0 spiro atoms. The minimum Gasteiger partial charge on any atom is -0.493 e. The average molecular weight is 380 g/mol. The zero-order valence-corrected chi connectivity index (χ0v) is 16.0. The zero-order valence-electron chi connectivity index (χ0n) is 16.0. The molecule has 7 heteroatoms.